The van der Waals surface area contributed by atoms with Gasteiger partial charge in [0.15, 0.2) is 0 Å². The van der Waals surface area contributed by atoms with Crippen LogP contribution < -0.4 is 15.4 Å². The molecule has 0 aliphatic rings. The van der Waals surface area contributed by atoms with Gasteiger partial charge in [-0.3, -0.25) is 9.59 Å². The van der Waals surface area contributed by atoms with Gasteiger partial charge in [0.1, 0.15) is 5.75 Å². The Bertz CT molecular complexity index is 667. The summed E-state index contributed by atoms with van der Waals surface area (Å²) in [5.74, 6) is -0.607. The lowest BCUT2D eigenvalue weighted by atomic mass is 10.1. The molecule has 5 heteroatoms. The highest BCUT2D eigenvalue weighted by atomic mass is 16.5. The average Bonchev–Trinajstić information content (AvgIpc) is 2.57. The SMILES string of the molecule is CC(C)Oc1ccc(NC(=O)C(=O)NCCc2ccccc2)cc1. The molecule has 0 fully saturated rings. The van der Waals surface area contributed by atoms with Crippen molar-refractivity contribution in [3.63, 3.8) is 0 Å². The van der Waals surface area contributed by atoms with Crippen molar-refractivity contribution in [1.29, 1.82) is 0 Å². The predicted octanol–water partition coefficient (Wildman–Crippen LogP) is 2.77. The fourth-order valence-electron chi connectivity index (χ4n) is 2.12. The molecule has 0 atom stereocenters. The summed E-state index contributed by atoms with van der Waals surface area (Å²) in [7, 11) is 0. The van der Waals surface area contributed by atoms with Crippen LogP contribution in [0, 0.1) is 0 Å². The normalized spacial score (nSPS) is 10.3. The van der Waals surface area contributed by atoms with E-state index < -0.39 is 11.8 Å². The zero-order valence-electron chi connectivity index (χ0n) is 13.9. The van der Waals surface area contributed by atoms with Crippen molar-refractivity contribution in [2.45, 2.75) is 26.4 Å². The van der Waals surface area contributed by atoms with E-state index in [9.17, 15) is 9.59 Å². The van der Waals surface area contributed by atoms with E-state index in [0.717, 1.165) is 11.3 Å². The molecule has 5 nitrogen and oxygen atoms in total. The van der Waals surface area contributed by atoms with Crippen molar-refractivity contribution in [2.75, 3.05) is 11.9 Å². The lowest BCUT2D eigenvalue weighted by molar-refractivity contribution is -0.136. The third-order valence-electron chi connectivity index (χ3n) is 3.23. The van der Waals surface area contributed by atoms with Crippen molar-refractivity contribution in [3.8, 4) is 5.75 Å². The van der Waals surface area contributed by atoms with Crippen LogP contribution in [0.15, 0.2) is 54.6 Å². The minimum atomic E-state index is -0.680. The molecule has 2 aromatic carbocycles. The molecule has 24 heavy (non-hydrogen) atoms. The number of benzene rings is 2. The van der Waals surface area contributed by atoms with Gasteiger partial charge >= 0.3 is 11.8 Å². The van der Waals surface area contributed by atoms with Crippen LogP contribution >= 0.6 is 0 Å². The highest BCUT2D eigenvalue weighted by Crippen LogP contribution is 2.16. The van der Waals surface area contributed by atoms with Crippen LogP contribution in [0.3, 0.4) is 0 Å². The van der Waals surface area contributed by atoms with Crippen LogP contribution in [-0.2, 0) is 16.0 Å². The number of carbonyl (C=O) groups excluding carboxylic acids is 2. The lowest BCUT2D eigenvalue weighted by Crippen LogP contribution is -2.36. The number of rotatable bonds is 6. The van der Waals surface area contributed by atoms with Gasteiger partial charge in [-0.2, -0.15) is 0 Å². The number of anilines is 1. The molecule has 0 radical (unpaired) electrons. The van der Waals surface area contributed by atoms with E-state index in [4.69, 9.17) is 4.74 Å². The second-order valence-electron chi connectivity index (χ2n) is 5.64. The van der Waals surface area contributed by atoms with Gasteiger partial charge in [0.25, 0.3) is 0 Å². The van der Waals surface area contributed by atoms with Gasteiger partial charge in [0, 0.05) is 12.2 Å². The largest absolute Gasteiger partial charge is 0.491 e. The first-order chi connectivity index (χ1) is 11.5. The third-order valence-corrected chi connectivity index (χ3v) is 3.23. The predicted molar refractivity (Wildman–Crippen MR) is 94.0 cm³/mol. The molecular formula is C19H22N2O3. The smallest absolute Gasteiger partial charge is 0.313 e. The Morgan fingerprint density at radius 3 is 2.25 bits per heavy atom. The molecule has 0 saturated heterocycles. The fourth-order valence-corrected chi connectivity index (χ4v) is 2.12. The molecule has 2 N–H and O–H groups in total. The molecule has 0 aromatic heterocycles. The zero-order valence-corrected chi connectivity index (χ0v) is 13.9. The molecule has 0 saturated carbocycles. The molecule has 2 aromatic rings. The van der Waals surface area contributed by atoms with Crippen LogP contribution in [0.25, 0.3) is 0 Å². The minimum Gasteiger partial charge on any atom is -0.491 e. The number of amides is 2. The van der Waals surface area contributed by atoms with Gasteiger partial charge < -0.3 is 15.4 Å². The van der Waals surface area contributed by atoms with Gasteiger partial charge in [-0.05, 0) is 50.1 Å². The van der Waals surface area contributed by atoms with Crippen molar-refractivity contribution in [2.24, 2.45) is 0 Å². The molecule has 0 bridgehead atoms. The number of carbonyl (C=O) groups is 2. The first-order valence-corrected chi connectivity index (χ1v) is 7.94. The Kier molecular flexibility index (Phi) is 6.37. The van der Waals surface area contributed by atoms with Crippen molar-refractivity contribution >= 4 is 17.5 Å². The summed E-state index contributed by atoms with van der Waals surface area (Å²) in [6.07, 6.45) is 0.766. The average molecular weight is 326 g/mol. The highest BCUT2D eigenvalue weighted by Gasteiger charge is 2.13. The molecule has 0 spiro atoms. The van der Waals surface area contributed by atoms with E-state index in [1.54, 1.807) is 24.3 Å². The Morgan fingerprint density at radius 1 is 0.958 bits per heavy atom. The maximum absolute atomic E-state index is 11.9. The van der Waals surface area contributed by atoms with E-state index in [2.05, 4.69) is 10.6 Å². The van der Waals surface area contributed by atoms with Crippen molar-refractivity contribution in [1.82, 2.24) is 5.32 Å². The van der Waals surface area contributed by atoms with E-state index >= 15 is 0 Å². The quantitative estimate of drug-likeness (QED) is 0.802. The standard InChI is InChI=1S/C19H22N2O3/c1-14(2)24-17-10-8-16(9-11-17)21-19(23)18(22)20-13-12-15-6-4-3-5-7-15/h3-11,14H,12-13H2,1-2H3,(H,20,22)(H,21,23). The number of hydrogen-bond acceptors (Lipinski definition) is 3. The Labute approximate surface area is 142 Å². The summed E-state index contributed by atoms with van der Waals surface area (Å²) in [5.41, 5.74) is 1.66. The molecule has 0 heterocycles. The second-order valence-corrected chi connectivity index (χ2v) is 5.64. The Hall–Kier alpha value is -2.82. The summed E-state index contributed by atoms with van der Waals surface area (Å²) in [4.78, 5) is 23.7. The molecule has 0 aliphatic carbocycles. The molecule has 2 rings (SSSR count). The topological polar surface area (TPSA) is 67.4 Å². The van der Waals surface area contributed by atoms with Crippen LogP contribution in [0.1, 0.15) is 19.4 Å². The maximum atomic E-state index is 11.9. The lowest BCUT2D eigenvalue weighted by Gasteiger charge is -2.10. The highest BCUT2D eigenvalue weighted by molar-refractivity contribution is 6.39. The van der Waals surface area contributed by atoms with Crippen molar-refractivity contribution in [3.05, 3.63) is 60.2 Å². The Balaban J connectivity index is 1.77. The van der Waals surface area contributed by atoms with Gasteiger partial charge in [0.2, 0.25) is 0 Å². The minimum absolute atomic E-state index is 0.0841. The summed E-state index contributed by atoms with van der Waals surface area (Å²) < 4.78 is 5.52. The first kappa shape index (κ1) is 17.5. The van der Waals surface area contributed by atoms with Crippen LogP contribution in [-0.4, -0.2) is 24.5 Å². The molecule has 2 amide bonds. The first-order valence-electron chi connectivity index (χ1n) is 7.94. The number of hydrogen-bond donors (Lipinski definition) is 2. The van der Waals surface area contributed by atoms with Gasteiger partial charge in [0.05, 0.1) is 6.10 Å². The number of ether oxygens (including phenoxy) is 1. The maximum Gasteiger partial charge on any atom is 0.313 e. The van der Waals surface area contributed by atoms with Gasteiger partial charge in [-0.25, -0.2) is 0 Å². The summed E-state index contributed by atoms with van der Waals surface area (Å²) in [6.45, 7) is 4.29. The second kappa shape index (κ2) is 8.72. The van der Waals surface area contributed by atoms with Crippen LogP contribution in [0.4, 0.5) is 5.69 Å². The molecular weight excluding hydrogens is 304 g/mol. The summed E-state index contributed by atoms with van der Waals surface area (Å²) >= 11 is 0. The molecule has 126 valence electrons. The number of nitrogens with one attached hydrogen (secondary N) is 2. The monoisotopic (exact) mass is 326 g/mol. The van der Waals surface area contributed by atoms with Gasteiger partial charge in [-0.15, -0.1) is 0 Å². The van der Waals surface area contributed by atoms with E-state index in [0.29, 0.717) is 18.7 Å². The molecule has 0 aliphatic heterocycles. The van der Waals surface area contributed by atoms with Crippen LogP contribution in [0.5, 0.6) is 5.75 Å². The zero-order chi connectivity index (χ0) is 17.4. The van der Waals surface area contributed by atoms with Gasteiger partial charge in [-0.1, -0.05) is 30.3 Å². The van der Waals surface area contributed by atoms with E-state index in [1.165, 1.54) is 0 Å². The van der Waals surface area contributed by atoms with Crippen molar-refractivity contribution < 1.29 is 14.3 Å². The fraction of sp³-hybridized carbons (Fsp3) is 0.263. The summed E-state index contributed by atoms with van der Waals surface area (Å²) in [6, 6.07) is 16.7. The van der Waals surface area contributed by atoms with E-state index in [-0.39, 0.29) is 6.10 Å². The summed E-state index contributed by atoms with van der Waals surface area (Å²) in [5, 5.41) is 5.18. The molecule has 0 unspecified atom stereocenters. The third kappa shape index (κ3) is 5.76. The Morgan fingerprint density at radius 2 is 1.62 bits per heavy atom. The van der Waals surface area contributed by atoms with E-state index in [1.807, 2.05) is 44.2 Å². The van der Waals surface area contributed by atoms with Crippen LogP contribution in [0.2, 0.25) is 0 Å².